The van der Waals surface area contributed by atoms with Gasteiger partial charge in [-0.3, -0.25) is 14.5 Å². The Morgan fingerprint density at radius 2 is 1.68 bits per heavy atom. The van der Waals surface area contributed by atoms with E-state index in [4.69, 9.17) is 0 Å². The van der Waals surface area contributed by atoms with E-state index in [1.165, 1.54) is 0 Å². The molecular formula is C26H26N2O2S. The average Bonchev–Trinajstić information content (AvgIpc) is 3.14. The second-order valence-corrected chi connectivity index (χ2v) is 9.00. The molecule has 3 aromatic carbocycles. The first-order valence-electron chi connectivity index (χ1n) is 10.5. The lowest BCUT2D eigenvalue weighted by atomic mass is 10.1. The number of benzene rings is 3. The van der Waals surface area contributed by atoms with Crippen LogP contribution < -0.4 is 10.2 Å². The van der Waals surface area contributed by atoms with Crippen LogP contribution in [0.1, 0.15) is 34.0 Å². The number of carbonyl (C=O) groups is 2. The highest BCUT2D eigenvalue weighted by Gasteiger charge is 2.34. The van der Waals surface area contributed by atoms with Gasteiger partial charge in [0.1, 0.15) is 5.37 Å². The number of amides is 2. The van der Waals surface area contributed by atoms with Crippen LogP contribution in [-0.2, 0) is 16.0 Å². The van der Waals surface area contributed by atoms with Crippen LogP contribution in [0.4, 0.5) is 11.4 Å². The van der Waals surface area contributed by atoms with Crippen LogP contribution in [0.25, 0.3) is 0 Å². The number of nitrogens with zero attached hydrogens (tertiary/aromatic N) is 1. The van der Waals surface area contributed by atoms with Gasteiger partial charge in [0.15, 0.2) is 0 Å². The van der Waals surface area contributed by atoms with Gasteiger partial charge in [-0.1, -0.05) is 48.5 Å². The Kier molecular flexibility index (Phi) is 6.42. The minimum Gasteiger partial charge on any atom is -0.326 e. The number of anilines is 2. The van der Waals surface area contributed by atoms with Gasteiger partial charge in [0, 0.05) is 17.8 Å². The largest absolute Gasteiger partial charge is 0.326 e. The SMILES string of the molecule is Cc1cc(C)cc(N2C(=O)CS[C@H]2c2ccc(NC(=O)CCc3ccccc3)cc2)c1. The summed E-state index contributed by atoms with van der Waals surface area (Å²) >= 11 is 1.63. The number of hydrogen-bond acceptors (Lipinski definition) is 3. The van der Waals surface area contributed by atoms with E-state index in [2.05, 4.69) is 37.4 Å². The monoisotopic (exact) mass is 430 g/mol. The van der Waals surface area contributed by atoms with Gasteiger partial charge >= 0.3 is 0 Å². The molecule has 0 radical (unpaired) electrons. The van der Waals surface area contributed by atoms with E-state index in [0.29, 0.717) is 12.2 Å². The fourth-order valence-corrected chi connectivity index (χ4v) is 5.07. The molecule has 0 unspecified atom stereocenters. The van der Waals surface area contributed by atoms with Crippen LogP contribution in [0.5, 0.6) is 0 Å². The maximum atomic E-state index is 12.6. The summed E-state index contributed by atoms with van der Waals surface area (Å²) in [6.07, 6.45) is 1.16. The van der Waals surface area contributed by atoms with Crippen LogP contribution in [0.3, 0.4) is 0 Å². The van der Waals surface area contributed by atoms with Crippen molar-refractivity contribution in [3.05, 3.63) is 95.1 Å². The zero-order chi connectivity index (χ0) is 21.8. The van der Waals surface area contributed by atoms with Gasteiger partial charge in [-0.2, -0.15) is 0 Å². The lowest BCUT2D eigenvalue weighted by molar-refractivity contribution is -0.116. The number of thioether (sulfide) groups is 1. The molecule has 0 aromatic heterocycles. The molecule has 1 atom stereocenters. The molecule has 0 aliphatic carbocycles. The molecule has 4 rings (SSSR count). The lowest BCUT2D eigenvalue weighted by Gasteiger charge is -2.25. The maximum Gasteiger partial charge on any atom is 0.238 e. The lowest BCUT2D eigenvalue weighted by Crippen LogP contribution is -2.28. The summed E-state index contributed by atoms with van der Waals surface area (Å²) in [5.74, 6) is 0.590. The van der Waals surface area contributed by atoms with Crippen molar-refractivity contribution in [3.8, 4) is 0 Å². The molecule has 1 N–H and O–H groups in total. The van der Waals surface area contributed by atoms with Gasteiger partial charge < -0.3 is 5.32 Å². The topological polar surface area (TPSA) is 49.4 Å². The average molecular weight is 431 g/mol. The summed E-state index contributed by atoms with van der Waals surface area (Å²) in [6, 6.07) is 24.1. The predicted molar refractivity (Wildman–Crippen MR) is 128 cm³/mol. The molecule has 158 valence electrons. The highest BCUT2D eigenvalue weighted by atomic mass is 32.2. The molecule has 31 heavy (non-hydrogen) atoms. The van der Waals surface area contributed by atoms with Crippen LogP contribution in [-0.4, -0.2) is 17.6 Å². The van der Waals surface area contributed by atoms with Gasteiger partial charge in [-0.05, 0) is 66.8 Å². The van der Waals surface area contributed by atoms with Crippen LogP contribution in [0, 0.1) is 13.8 Å². The Balaban J connectivity index is 1.43. The molecule has 1 aliphatic heterocycles. The van der Waals surface area contributed by atoms with Gasteiger partial charge in [0.2, 0.25) is 11.8 Å². The molecule has 0 spiro atoms. The Bertz CT molecular complexity index is 1060. The van der Waals surface area contributed by atoms with E-state index in [1.54, 1.807) is 11.8 Å². The number of hydrogen-bond donors (Lipinski definition) is 1. The quantitative estimate of drug-likeness (QED) is 0.549. The van der Waals surface area contributed by atoms with Crippen LogP contribution in [0.2, 0.25) is 0 Å². The second kappa shape index (κ2) is 9.40. The molecule has 0 saturated carbocycles. The van der Waals surface area contributed by atoms with E-state index in [0.717, 1.165) is 40.0 Å². The minimum absolute atomic E-state index is 0.00103. The van der Waals surface area contributed by atoms with E-state index < -0.39 is 0 Å². The molecule has 1 fully saturated rings. The van der Waals surface area contributed by atoms with Crippen molar-refractivity contribution < 1.29 is 9.59 Å². The first-order chi connectivity index (χ1) is 15.0. The van der Waals surface area contributed by atoms with Crippen molar-refractivity contribution in [2.45, 2.75) is 32.1 Å². The molecular weight excluding hydrogens is 404 g/mol. The van der Waals surface area contributed by atoms with Crippen LogP contribution >= 0.6 is 11.8 Å². The van der Waals surface area contributed by atoms with Gasteiger partial charge in [0.05, 0.1) is 5.75 Å². The van der Waals surface area contributed by atoms with Gasteiger partial charge in [-0.15, -0.1) is 11.8 Å². The summed E-state index contributed by atoms with van der Waals surface area (Å²) in [7, 11) is 0. The van der Waals surface area contributed by atoms with Crippen LogP contribution in [0.15, 0.2) is 72.8 Å². The summed E-state index contributed by atoms with van der Waals surface area (Å²) in [5.41, 5.74) is 6.21. The molecule has 1 aliphatic rings. The fourth-order valence-electron chi connectivity index (χ4n) is 3.90. The van der Waals surface area contributed by atoms with Gasteiger partial charge in [-0.25, -0.2) is 0 Å². The Hall–Kier alpha value is -3.05. The molecule has 1 heterocycles. The van der Waals surface area contributed by atoms with Crippen molar-refractivity contribution in [3.63, 3.8) is 0 Å². The van der Waals surface area contributed by atoms with Crippen molar-refractivity contribution in [1.82, 2.24) is 0 Å². The van der Waals surface area contributed by atoms with E-state index >= 15 is 0 Å². The van der Waals surface area contributed by atoms with E-state index in [-0.39, 0.29) is 17.2 Å². The Morgan fingerprint density at radius 1 is 1.00 bits per heavy atom. The number of aryl methyl sites for hydroxylation is 3. The maximum absolute atomic E-state index is 12.6. The normalized spacial score (nSPS) is 15.9. The van der Waals surface area contributed by atoms with Gasteiger partial charge in [0.25, 0.3) is 0 Å². The van der Waals surface area contributed by atoms with Crippen molar-refractivity contribution in [2.75, 3.05) is 16.0 Å². The highest BCUT2D eigenvalue weighted by Crippen LogP contribution is 2.42. The predicted octanol–water partition coefficient (Wildman–Crippen LogP) is 5.65. The standard InChI is InChI=1S/C26H26N2O2S/c1-18-14-19(2)16-23(15-18)28-25(30)17-31-26(28)21-9-11-22(12-10-21)27-24(29)13-8-20-6-4-3-5-7-20/h3-7,9-12,14-16,26H,8,13,17H2,1-2H3,(H,27,29)/t26-/m0/s1. The number of rotatable bonds is 6. The molecule has 3 aromatic rings. The zero-order valence-electron chi connectivity index (χ0n) is 17.8. The summed E-state index contributed by atoms with van der Waals surface area (Å²) in [5, 5.41) is 2.91. The third kappa shape index (κ3) is 5.17. The summed E-state index contributed by atoms with van der Waals surface area (Å²) < 4.78 is 0. The number of nitrogens with one attached hydrogen (secondary N) is 1. The second-order valence-electron chi connectivity index (χ2n) is 7.93. The summed E-state index contributed by atoms with van der Waals surface area (Å²) in [6.45, 7) is 4.10. The van der Waals surface area contributed by atoms with Crippen molar-refractivity contribution in [2.24, 2.45) is 0 Å². The Labute approximate surface area is 187 Å². The first-order valence-corrected chi connectivity index (χ1v) is 11.5. The smallest absolute Gasteiger partial charge is 0.238 e. The number of carbonyl (C=O) groups excluding carboxylic acids is 2. The minimum atomic E-state index is -0.0588. The molecule has 5 heteroatoms. The van der Waals surface area contributed by atoms with Crippen molar-refractivity contribution in [1.29, 1.82) is 0 Å². The van der Waals surface area contributed by atoms with Crippen molar-refractivity contribution >= 4 is 35.0 Å². The third-order valence-electron chi connectivity index (χ3n) is 5.32. The van der Waals surface area contributed by atoms with E-state index in [9.17, 15) is 9.59 Å². The molecule has 0 bridgehead atoms. The molecule has 1 saturated heterocycles. The molecule has 2 amide bonds. The molecule has 4 nitrogen and oxygen atoms in total. The third-order valence-corrected chi connectivity index (χ3v) is 6.53. The Morgan fingerprint density at radius 3 is 2.35 bits per heavy atom. The fraction of sp³-hybridized carbons (Fsp3) is 0.231. The highest BCUT2D eigenvalue weighted by molar-refractivity contribution is 8.00. The first kappa shape index (κ1) is 21.2. The van der Waals surface area contributed by atoms with E-state index in [1.807, 2.05) is 59.5 Å². The summed E-state index contributed by atoms with van der Waals surface area (Å²) in [4.78, 5) is 26.8. The zero-order valence-corrected chi connectivity index (χ0v) is 18.6.